The number of hydrogen-bond donors (Lipinski definition) is 3. The summed E-state index contributed by atoms with van der Waals surface area (Å²) < 4.78 is 5.64. The van der Waals surface area contributed by atoms with Crippen LogP contribution in [0.1, 0.15) is 24.5 Å². The molecule has 0 radical (unpaired) electrons. The van der Waals surface area contributed by atoms with E-state index >= 15 is 0 Å². The summed E-state index contributed by atoms with van der Waals surface area (Å²) in [6.45, 7) is 2.61. The van der Waals surface area contributed by atoms with Crippen LogP contribution in [-0.2, 0) is 5.60 Å². The van der Waals surface area contributed by atoms with Crippen molar-refractivity contribution < 1.29 is 14.9 Å². The Morgan fingerprint density at radius 2 is 1.36 bits per heavy atom. The molecular weight excluding hydrogens is 450 g/mol. The largest absolute Gasteiger partial charge is 0.491 e. The summed E-state index contributed by atoms with van der Waals surface area (Å²) in [4.78, 5) is 2.32. The minimum absolute atomic E-state index is 0.0400. The summed E-state index contributed by atoms with van der Waals surface area (Å²) in [6, 6.07) is 25.6. The molecule has 0 bridgehead atoms. The van der Waals surface area contributed by atoms with Gasteiger partial charge in [-0.2, -0.15) is 0 Å². The molecule has 0 saturated carbocycles. The number of aliphatic hydroxyl groups is 2. The van der Waals surface area contributed by atoms with E-state index in [4.69, 9.17) is 4.74 Å². The van der Waals surface area contributed by atoms with Crippen molar-refractivity contribution in [1.29, 1.82) is 0 Å². The quantitative estimate of drug-likeness (QED) is 0.309. The highest BCUT2D eigenvalue weighted by Crippen LogP contribution is 2.36. The maximum atomic E-state index is 11.9. The highest BCUT2D eigenvalue weighted by Gasteiger charge is 2.33. The van der Waals surface area contributed by atoms with E-state index in [9.17, 15) is 10.2 Å². The van der Waals surface area contributed by atoms with Gasteiger partial charge in [-0.15, -0.1) is 23.5 Å². The van der Waals surface area contributed by atoms with Crippen molar-refractivity contribution in [3.63, 3.8) is 0 Å². The van der Waals surface area contributed by atoms with Crippen molar-refractivity contribution >= 4 is 23.5 Å². The van der Waals surface area contributed by atoms with E-state index in [2.05, 4.69) is 5.32 Å². The molecule has 3 aromatic rings. The lowest BCUT2D eigenvalue weighted by molar-refractivity contribution is 0.0557. The SMILES string of the molecule is CSc1ccc(C(O)(C[C@H](C)NC[C@H](O)COc2ccccc2)c2ccc(SC)cc2)cc1. The molecule has 3 N–H and O–H groups in total. The molecule has 0 spiro atoms. The normalized spacial score (nSPS) is 13.5. The second kappa shape index (κ2) is 12.5. The third kappa shape index (κ3) is 7.26. The number of thioether (sulfide) groups is 2. The van der Waals surface area contributed by atoms with Crippen LogP contribution in [0.5, 0.6) is 5.75 Å². The molecule has 4 nitrogen and oxygen atoms in total. The van der Waals surface area contributed by atoms with E-state index in [0.717, 1.165) is 26.7 Å². The lowest BCUT2D eigenvalue weighted by Gasteiger charge is -2.33. The second-order valence-corrected chi connectivity index (χ2v) is 9.87. The average Bonchev–Trinajstić information content (AvgIpc) is 2.87. The molecule has 0 amide bonds. The summed E-state index contributed by atoms with van der Waals surface area (Å²) >= 11 is 3.36. The maximum absolute atomic E-state index is 11.9. The molecule has 0 unspecified atom stereocenters. The van der Waals surface area contributed by atoms with Gasteiger partial charge in [0, 0.05) is 22.4 Å². The third-order valence-corrected chi connectivity index (χ3v) is 7.11. The molecule has 0 heterocycles. The van der Waals surface area contributed by atoms with Gasteiger partial charge in [-0.25, -0.2) is 0 Å². The summed E-state index contributed by atoms with van der Waals surface area (Å²) in [5.74, 6) is 0.737. The molecule has 6 heteroatoms. The Labute approximate surface area is 205 Å². The molecule has 176 valence electrons. The van der Waals surface area contributed by atoms with Crippen molar-refractivity contribution in [3.05, 3.63) is 90.0 Å². The van der Waals surface area contributed by atoms with Crippen molar-refractivity contribution in [2.24, 2.45) is 0 Å². The molecule has 0 aliphatic rings. The fourth-order valence-corrected chi connectivity index (χ4v) is 4.57. The van der Waals surface area contributed by atoms with Crippen molar-refractivity contribution in [3.8, 4) is 5.75 Å². The van der Waals surface area contributed by atoms with Crippen LogP contribution in [0.3, 0.4) is 0 Å². The number of benzene rings is 3. The van der Waals surface area contributed by atoms with E-state index < -0.39 is 11.7 Å². The molecule has 3 rings (SSSR count). The van der Waals surface area contributed by atoms with E-state index in [1.54, 1.807) is 23.5 Å². The van der Waals surface area contributed by atoms with Crippen LogP contribution in [0.15, 0.2) is 88.7 Å². The molecule has 0 aliphatic heterocycles. The lowest BCUT2D eigenvalue weighted by atomic mass is 9.81. The Bertz CT molecular complexity index is 917. The number of hydrogen-bond acceptors (Lipinski definition) is 6. The molecule has 0 aromatic heterocycles. The standard InChI is InChI=1S/C27H33NO3S2/c1-20(28-18-23(29)19-31-24-7-5-4-6-8-24)17-27(30,21-9-13-25(32-2)14-10-21)22-11-15-26(33-3)16-12-22/h4-16,20,23,28-30H,17-19H2,1-3H3/t20-,23-/m0/s1. The summed E-state index contributed by atoms with van der Waals surface area (Å²) in [6.07, 6.45) is 3.90. The Morgan fingerprint density at radius 3 is 1.85 bits per heavy atom. The van der Waals surface area contributed by atoms with Crippen LogP contribution in [0.4, 0.5) is 0 Å². The van der Waals surface area contributed by atoms with Gasteiger partial charge in [-0.1, -0.05) is 42.5 Å². The monoisotopic (exact) mass is 483 g/mol. The van der Waals surface area contributed by atoms with Gasteiger partial charge in [0.25, 0.3) is 0 Å². The number of para-hydroxylation sites is 1. The predicted molar refractivity (Wildman–Crippen MR) is 139 cm³/mol. The first-order valence-corrected chi connectivity index (χ1v) is 13.5. The smallest absolute Gasteiger partial charge is 0.119 e. The van der Waals surface area contributed by atoms with E-state index in [1.807, 2.05) is 98.3 Å². The highest BCUT2D eigenvalue weighted by atomic mass is 32.2. The van der Waals surface area contributed by atoms with Crippen molar-refractivity contribution in [2.75, 3.05) is 25.7 Å². The summed E-state index contributed by atoms with van der Waals surface area (Å²) in [5, 5.41) is 25.6. The average molecular weight is 484 g/mol. The van der Waals surface area contributed by atoms with Crippen LogP contribution < -0.4 is 10.1 Å². The summed E-state index contributed by atoms with van der Waals surface area (Å²) in [5.41, 5.74) is 0.573. The highest BCUT2D eigenvalue weighted by molar-refractivity contribution is 7.98. The minimum atomic E-state index is -1.15. The zero-order valence-electron chi connectivity index (χ0n) is 19.4. The topological polar surface area (TPSA) is 61.7 Å². The van der Waals surface area contributed by atoms with Crippen LogP contribution in [0.25, 0.3) is 0 Å². The molecule has 0 saturated heterocycles. The fourth-order valence-electron chi connectivity index (χ4n) is 3.76. The first kappa shape index (κ1) is 25.7. The Kier molecular flexibility index (Phi) is 9.71. The first-order chi connectivity index (χ1) is 15.9. The number of rotatable bonds is 12. The number of nitrogens with one attached hydrogen (secondary N) is 1. The molecule has 0 fully saturated rings. The molecule has 2 atom stereocenters. The van der Waals surface area contributed by atoms with E-state index in [1.165, 1.54) is 0 Å². The van der Waals surface area contributed by atoms with Gasteiger partial charge in [-0.3, -0.25) is 0 Å². The van der Waals surface area contributed by atoms with E-state index in [-0.39, 0.29) is 12.6 Å². The molecular formula is C27H33NO3S2. The second-order valence-electron chi connectivity index (χ2n) is 8.11. The van der Waals surface area contributed by atoms with Crippen molar-refractivity contribution in [1.82, 2.24) is 5.32 Å². The third-order valence-electron chi connectivity index (χ3n) is 5.62. The predicted octanol–water partition coefficient (Wildman–Crippen LogP) is 5.17. The van der Waals surface area contributed by atoms with Gasteiger partial charge in [0.2, 0.25) is 0 Å². The Morgan fingerprint density at radius 1 is 0.848 bits per heavy atom. The zero-order chi connectivity index (χ0) is 23.7. The van der Waals surface area contributed by atoms with Gasteiger partial charge >= 0.3 is 0 Å². The first-order valence-electron chi connectivity index (χ1n) is 11.1. The van der Waals surface area contributed by atoms with Gasteiger partial charge < -0.3 is 20.3 Å². The zero-order valence-corrected chi connectivity index (χ0v) is 21.0. The minimum Gasteiger partial charge on any atom is -0.491 e. The lowest BCUT2D eigenvalue weighted by Crippen LogP contribution is -2.41. The van der Waals surface area contributed by atoms with Crippen LogP contribution >= 0.6 is 23.5 Å². The maximum Gasteiger partial charge on any atom is 0.119 e. The van der Waals surface area contributed by atoms with Crippen molar-refractivity contribution in [2.45, 2.75) is 40.9 Å². The molecule has 33 heavy (non-hydrogen) atoms. The van der Waals surface area contributed by atoms with Crippen LogP contribution in [0.2, 0.25) is 0 Å². The Balaban J connectivity index is 1.68. The number of ether oxygens (including phenoxy) is 1. The van der Waals surface area contributed by atoms with E-state index in [0.29, 0.717) is 13.0 Å². The van der Waals surface area contributed by atoms with Gasteiger partial charge in [0.05, 0.1) is 0 Å². The Hall–Kier alpha value is -1.96. The van der Waals surface area contributed by atoms with Crippen LogP contribution in [0, 0.1) is 0 Å². The van der Waals surface area contributed by atoms with Gasteiger partial charge in [0.1, 0.15) is 24.1 Å². The van der Waals surface area contributed by atoms with Gasteiger partial charge in [-0.05, 0) is 73.4 Å². The molecule has 3 aromatic carbocycles. The molecule has 0 aliphatic carbocycles. The summed E-state index contributed by atoms with van der Waals surface area (Å²) in [7, 11) is 0. The number of aliphatic hydroxyl groups excluding tert-OH is 1. The van der Waals surface area contributed by atoms with Gasteiger partial charge in [0.15, 0.2) is 0 Å². The fraction of sp³-hybridized carbons (Fsp3) is 0.333. The van der Waals surface area contributed by atoms with Crippen LogP contribution in [-0.4, -0.2) is 48.0 Å².